The number of nitrogens with two attached hydrogens (primary N) is 1. The highest BCUT2D eigenvalue weighted by molar-refractivity contribution is 5.90. The van der Waals surface area contributed by atoms with Crippen molar-refractivity contribution in [1.82, 2.24) is 9.55 Å². The lowest BCUT2D eigenvalue weighted by Gasteiger charge is -2.15. The fraction of sp³-hybridized carbons (Fsp3) is 0.556. The maximum atomic E-state index is 10.8. The fourth-order valence-corrected chi connectivity index (χ4v) is 1.73. The molecule has 8 nitrogen and oxygen atoms in total. The largest absolute Gasteiger partial charge is 0.394 e. The van der Waals surface area contributed by atoms with E-state index in [1.165, 1.54) is 17.1 Å². The number of ether oxygens (including phenoxy) is 1. The summed E-state index contributed by atoms with van der Waals surface area (Å²) in [5, 5.41) is 28.2. The zero-order valence-corrected chi connectivity index (χ0v) is 8.80. The van der Waals surface area contributed by atoms with Gasteiger partial charge in [-0.2, -0.15) is 0 Å². The first-order valence-corrected chi connectivity index (χ1v) is 5.00. The number of primary amides is 1. The molecule has 0 saturated carbocycles. The maximum Gasteiger partial charge on any atom is 0.268 e. The van der Waals surface area contributed by atoms with Crippen LogP contribution in [0.3, 0.4) is 0 Å². The van der Waals surface area contributed by atoms with E-state index in [4.69, 9.17) is 15.6 Å². The number of carbonyl (C=O) groups is 1. The number of aliphatic hydroxyl groups is 3. The Balaban J connectivity index is 2.19. The minimum Gasteiger partial charge on any atom is -0.394 e. The molecule has 2 heterocycles. The monoisotopic (exact) mass is 243 g/mol. The highest BCUT2D eigenvalue weighted by Gasteiger charge is 2.43. The first-order valence-electron chi connectivity index (χ1n) is 5.00. The summed E-state index contributed by atoms with van der Waals surface area (Å²) in [6, 6.07) is 0. The van der Waals surface area contributed by atoms with Gasteiger partial charge in [0, 0.05) is 6.20 Å². The van der Waals surface area contributed by atoms with Crippen molar-refractivity contribution >= 4 is 5.91 Å². The number of rotatable bonds is 3. The van der Waals surface area contributed by atoms with Crippen LogP contribution in [-0.4, -0.2) is 55.7 Å². The van der Waals surface area contributed by atoms with Crippen LogP contribution in [-0.2, 0) is 4.74 Å². The van der Waals surface area contributed by atoms with E-state index in [0.29, 0.717) is 0 Å². The number of nitrogens with zero attached hydrogens (tertiary/aromatic N) is 2. The van der Waals surface area contributed by atoms with E-state index in [1.807, 2.05) is 0 Å². The van der Waals surface area contributed by atoms with Crippen LogP contribution in [0.4, 0.5) is 0 Å². The lowest BCUT2D eigenvalue weighted by molar-refractivity contribution is -0.0528. The van der Waals surface area contributed by atoms with E-state index < -0.39 is 37.1 Å². The summed E-state index contributed by atoms with van der Waals surface area (Å²) in [6.07, 6.45) is -1.59. The molecule has 5 N–H and O–H groups in total. The number of hydrogen-bond donors (Lipinski definition) is 4. The molecule has 1 aliphatic heterocycles. The Morgan fingerprint density at radius 3 is 2.71 bits per heavy atom. The summed E-state index contributed by atoms with van der Waals surface area (Å²) in [7, 11) is 0. The zero-order valence-electron chi connectivity index (χ0n) is 8.80. The lowest BCUT2D eigenvalue weighted by Crippen LogP contribution is -2.33. The number of carbonyl (C=O) groups excluding carboxylic acids is 1. The molecule has 1 aromatic heterocycles. The highest BCUT2D eigenvalue weighted by atomic mass is 16.6. The van der Waals surface area contributed by atoms with Crippen LogP contribution < -0.4 is 5.73 Å². The molecule has 1 aliphatic rings. The molecule has 0 radical (unpaired) electrons. The quantitative estimate of drug-likeness (QED) is 0.468. The van der Waals surface area contributed by atoms with Gasteiger partial charge in [-0.15, -0.1) is 0 Å². The molecule has 0 aromatic carbocycles. The Labute approximate surface area is 96.3 Å². The Kier molecular flexibility index (Phi) is 3.11. The van der Waals surface area contributed by atoms with E-state index in [0.717, 1.165) is 0 Å². The number of aromatic nitrogens is 2. The molecule has 1 fully saturated rings. The first kappa shape index (κ1) is 12.0. The molecule has 0 bridgehead atoms. The van der Waals surface area contributed by atoms with Gasteiger partial charge < -0.3 is 30.4 Å². The van der Waals surface area contributed by atoms with Gasteiger partial charge in [0.05, 0.1) is 12.9 Å². The van der Waals surface area contributed by atoms with Gasteiger partial charge in [0.1, 0.15) is 24.0 Å². The number of imidazole rings is 1. The van der Waals surface area contributed by atoms with Crippen molar-refractivity contribution < 1.29 is 24.9 Å². The van der Waals surface area contributed by atoms with Crippen LogP contribution in [0.2, 0.25) is 0 Å². The Morgan fingerprint density at radius 1 is 1.53 bits per heavy atom. The van der Waals surface area contributed by atoms with E-state index in [-0.39, 0.29) is 5.69 Å². The second-order valence-corrected chi connectivity index (χ2v) is 3.80. The lowest BCUT2D eigenvalue weighted by atomic mass is 10.1. The first-order chi connectivity index (χ1) is 8.04. The van der Waals surface area contributed by atoms with Crippen molar-refractivity contribution in [3.8, 4) is 0 Å². The average Bonchev–Trinajstić information content (AvgIpc) is 2.87. The van der Waals surface area contributed by atoms with Crippen LogP contribution in [0.25, 0.3) is 0 Å². The Bertz CT molecular complexity index is 421. The molecule has 17 heavy (non-hydrogen) atoms. The summed E-state index contributed by atoms with van der Waals surface area (Å²) in [4.78, 5) is 14.6. The number of amides is 1. The fourth-order valence-electron chi connectivity index (χ4n) is 1.73. The highest BCUT2D eigenvalue weighted by Crippen LogP contribution is 2.29. The summed E-state index contributed by atoms with van der Waals surface area (Å²) < 4.78 is 6.56. The van der Waals surface area contributed by atoms with Crippen LogP contribution >= 0.6 is 0 Å². The molecule has 1 aromatic rings. The summed E-state index contributed by atoms with van der Waals surface area (Å²) in [5.74, 6) is -0.699. The van der Waals surface area contributed by atoms with Crippen molar-refractivity contribution in [2.45, 2.75) is 24.5 Å². The van der Waals surface area contributed by atoms with Gasteiger partial charge in [-0.3, -0.25) is 4.79 Å². The Hall–Kier alpha value is -1.48. The van der Waals surface area contributed by atoms with E-state index in [2.05, 4.69) is 4.98 Å². The molecule has 8 heteroatoms. The van der Waals surface area contributed by atoms with Crippen molar-refractivity contribution in [2.75, 3.05) is 6.61 Å². The summed E-state index contributed by atoms with van der Waals surface area (Å²) in [5.41, 5.74) is 5.06. The van der Waals surface area contributed by atoms with Gasteiger partial charge in [-0.1, -0.05) is 0 Å². The topological polar surface area (TPSA) is 131 Å². The summed E-state index contributed by atoms with van der Waals surface area (Å²) in [6.45, 7) is -0.411. The van der Waals surface area contributed by atoms with Crippen molar-refractivity contribution in [3.05, 3.63) is 18.2 Å². The molecule has 4 atom stereocenters. The van der Waals surface area contributed by atoms with Gasteiger partial charge in [0.25, 0.3) is 5.91 Å². The molecule has 94 valence electrons. The zero-order chi connectivity index (χ0) is 12.6. The minimum absolute atomic E-state index is 0.0303. The SMILES string of the molecule is NC(=O)c1cn([C@@H]2O[C@H](CO)C(O)C2O)cn1. The summed E-state index contributed by atoms with van der Waals surface area (Å²) >= 11 is 0. The van der Waals surface area contributed by atoms with E-state index >= 15 is 0 Å². The molecule has 0 aliphatic carbocycles. The van der Waals surface area contributed by atoms with Crippen LogP contribution in [0.1, 0.15) is 16.7 Å². The average molecular weight is 243 g/mol. The Morgan fingerprint density at radius 2 is 2.24 bits per heavy atom. The molecular formula is C9H13N3O5. The van der Waals surface area contributed by atoms with Crippen LogP contribution in [0.5, 0.6) is 0 Å². The van der Waals surface area contributed by atoms with Crippen molar-refractivity contribution in [1.29, 1.82) is 0 Å². The normalized spacial score (nSPS) is 32.9. The van der Waals surface area contributed by atoms with Gasteiger partial charge >= 0.3 is 0 Å². The number of hydrogen-bond acceptors (Lipinski definition) is 6. The van der Waals surface area contributed by atoms with Crippen LogP contribution in [0.15, 0.2) is 12.5 Å². The molecular weight excluding hydrogens is 230 g/mol. The van der Waals surface area contributed by atoms with Gasteiger partial charge in [-0.05, 0) is 0 Å². The molecule has 1 saturated heterocycles. The van der Waals surface area contributed by atoms with E-state index in [1.54, 1.807) is 0 Å². The minimum atomic E-state index is -1.21. The van der Waals surface area contributed by atoms with Crippen LogP contribution in [0, 0.1) is 0 Å². The predicted octanol–water partition coefficient (Wildman–Crippen LogP) is -2.41. The third-order valence-corrected chi connectivity index (χ3v) is 2.66. The van der Waals surface area contributed by atoms with Gasteiger partial charge in [-0.25, -0.2) is 4.98 Å². The number of aliphatic hydroxyl groups excluding tert-OH is 3. The molecule has 2 unspecified atom stereocenters. The van der Waals surface area contributed by atoms with Crippen molar-refractivity contribution in [2.24, 2.45) is 5.73 Å². The maximum absolute atomic E-state index is 10.8. The second kappa shape index (κ2) is 4.41. The standard InChI is InChI=1S/C9H13N3O5/c10-8(16)4-1-12(3-11-4)9-7(15)6(14)5(2-13)17-9/h1,3,5-7,9,13-15H,2H2,(H2,10,16)/t5-,6?,7?,9-/m1/s1. The predicted molar refractivity (Wildman–Crippen MR) is 53.8 cm³/mol. The van der Waals surface area contributed by atoms with Gasteiger partial charge in [0.2, 0.25) is 0 Å². The van der Waals surface area contributed by atoms with E-state index in [9.17, 15) is 15.0 Å². The molecule has 0 spiro atoms. The third kappa shape index (κ3) is 2.03. The smallest absolute Gasteiger partial charge is 0.268 e. The molecule has 1 amide bonds. The van der Waals surface area contributed by atoms with Crippen molar-refractivity contribution in [3.63, 3.8) is 0 Å². The second-order valence-electron chi connectivity index (χ2n) is 3.80. The molecule has 2 rings (SSSR count). The van der Waals surface area contributed by atoms with Gasteiger partial charge in [0.15, 0.2) is 6.23 Å². The third-order valence-electron chi connectivity index (χ3n) is 2.66.